The number of tetrazole rings is 1. The van der Waals surface area contributed by atoms with Crippen LogP contribution in [0.3, 0.4) is 0 Å². The third-order valence-corrected chi connectivity index (χ3v) is 4.57. The van der Waals surface area contributed by atoms with Crippen molar-refractivity contribution in [3.8, 4) is 0 Å². The normalized spacial score (nSPS) is 18.2. The lowest BCUT2D eigenvalue weighted by Gasteiger charge is -2.37. The highest BCUT2D eigenvalue weighted by Crippen LogP contribution is 2.25. The van der Waals surface area contributed by atoms with Crippen molar-refractivity contribution in [3.05, 3.63) is 41.7 Å². The van der Waals surface area contributed by atoms with Crippen LogP contribution in [-0.2, 0) is 6.54 Å². The van der Waals surface area contributed by atoms with Crippen molar-refractivity contribution in [1.29, 1.82) is 0 Å². The van der Waals surface area contributed by atoms with Crippen LogP contribution in [-0.4, -0.2) is 63.2 Å². The summed E-state index contributed by atoms with van der Waals surface area (Å²) in [6, 6.07) is 10.7. The fraction of sp³-hybridized carbons (Fsp3) is 0.588. The first-order valence-corrected chi connectivity index (χ1v) is 8.50. The highest BCUT2D eigenvalue weighted by Gasteiger charge is 2.27. The van der Waals surface area contributed by atoms with Crippen LogP contribution >= 0.6 is 0 Å². The number of piperazine rings is 1. The van der Waals surface area contributed by atoms with Gasteiger partial charge in [0, 0.05) is 26.2 Å². The molecule has 0 N–H and O–H groups in total. The summed E-state index contributed by atoms with van der Waals surface area (Å²) in [7, 11) is 2.19. The third-order valence-electron chi connectivity index (χ3n) is 4.57. The summed E-state index contributed by atoms with van der Waals surface area (Å²) in [5.74, 6) is 1.00. The summed E-state index contributed by atoms with van der Waals surface area (Å²) in [6.07, 6.45) is 2.23. The van der Waals surface area contributed by atoms with E-state index in [-0.39, 0.29) is 0 Å². The quantitative estimate of drug-likeness (QED) is 0.814. The largest absolute Gasteiger partial charge is 0.304 e. The summed E-state index contributed by atoms with van der Waals surface area (Å²) >= 11 is 0. The molecule has 1 aliphatic rings. The van der Waals surface area contributed by atoms with Crippen molar-refractivity contribution < 1.29 is 0 Å². The molecule has 1 aliphatic heterocycles. The van der Waals surface area contributed by atoms with Gasteiger partial charge in [0.2, 0.25) is 0 Å². The van der Waals surface area contributed by atoms with Crippen LogP contribution < -0.4 is 0 Å². The van der Waals surface area contributed by atoms with Gasteiger partial charge in [-0.25, -0.2) is 4.68 Å². The average molecular weight is 314 g/mol. The zero-order valence-corrected chi connectivity index (χ0v) is 14.1. The van der Waals surface area contributed by atoms with Crippen LogP contribution in [0.25, 0.3) is 0 Å². The Bertz CT molecular complexity index is 588. The summed E-state index contributed by atoms with van der Waals surface area (Å²) in [4.78, 5) is 4.92. The molecule has 124 valence electrons. The molecule has 1 fully saturated rings. The SMILES string of the molecule is CCC[C@@H](c1nnnn1Cc1ccccc1)N1CCN(C)CC1. The predicted molar refractivity (Wildman–Crippen MR) is 90.1 cm³/mol. The van der Waals surface area contributed by atoms with E-state index in [0.717, 1.165) is 51.4 Å². The predicted octanol–water partition coefficient (Wildman–Crippen LogP) is 1.81. The smallest absolute Gasteiger partial charge is 0.168 e. The second-order valence-corrected chi connectivity index (χ2v) is 6.32. The third kappa shape index (κ3) is 3.95. The molecule has 0 amide bonds. The molecule has 1 aromatic carbocycles. The molecule has 23 heavy (non-hydrogen) atoms. The Kier molecular flexibility index (Phi) is 5.35. The molecule has 0 radical (unpaired) electrons. The molecule has 2 aromatic rings. The number of benzene rings is 1. The Hall–Kier alpha value is -1.79. The van der Waals surface area contributed by atoms with Crippen molar-refractivity contribution >= 4 is 0 Å². The molecule has 1 saturated heterocycles. The summed E-state index contributed by atoms with van der Waals surface area (Å²) in [5, 5.41) is 12.6. The lowest BCUT2D eigenvalue weighted by Crippen LogP contribution is -2.46. The van der Waals surface area contributed by atoms with Gasteiger partial charge >= 0.3 is 0 Å². The van der Waals surface area contributed by atoms with E-state index in [4.69, 9.17) is 0 Å². The first-order chi connectivity index (χ1) is 11.3. The Morgan fingerprint density at radius 2 is 1.83 bits per heavy atom. The second kappa shape index (κ2) is 7.66. The first kappa shape index (κ1) is 16.1. The maximum Gasteiger partial charge on any atom is 0.168 e. The number of rotatable bonds is 6. The van der Waals surface area contributed by atoms with Gasteiger partial charge < -0.3 is 4.90 Å². The van der Waals surface area contributed by atoms with E-state index in [1.165, 1.54) is 5.56 Å². The Morgan fingerprint density at radius 3 is 2.52 bits per heavy atom. The highest BCUT2D eigenvalue weighted by molar-refractivity contribution is 5.15. The molecule has 2 heterocycles. The molecule has 0 spiro atoms. The molecular weight excluding hydrogens is 288 g/mol. The van der Waals surface area contributed by atoms with Crippen molar-refractivity contribution in [3.63, 3.8) is 0 Å². The highest BCUT2D eigenvalue weighted by atomic mass is 15.6. The maximum absolute atomic E-state index is 4.37. The van der Waals surface area contributed by atoms with Gasteiger partial charge in [0.05, 0.1) is 12.6 Å². The summed E-state index contributed by atoms with van der Waals surface area (Å²) in [5.41, 5.74) is 1.23. The average Bonchev–Trinajstić information content (AvgIpc) is 3.02. The standard InChI is InChI=1S/C17H26N6/c1-3-7-16(22-12-10-21(2)11-13-22)17-18-19-20-23(17)14-15-8-5-4-6-9-15/h4-6,8-9,16H,3,7,10-14H2,1-2H3/t16-/m0/s1. The molecule has 0 aliphatic carbocycles. The van der Waals surface area contributed by atoms with E-state index in [9.17, 15) is 0 Å². The van der Waals surface area contributed by atoms with Crippen molar-refractivity contribution in [1.82, 2.24) is 30.0 Å². The van der Waals surface area contributed by atoms with Gasteiger partial charge in [-0.2, -0.15) is 0 Å². The zero-order valence-electron chi connectivity index (χ0n) is 14.1. The molecule has 1 atom stereocenters. The van der Waals surface area contributed by atoms with Crippen LogP contribution in [0.15, 0.2) is 30.3 Å². The minimum Gasteiger partial charge on any atom is -0.304 e. The van der Waals surface area contributed by atoms with Gasteiger partial charge in [0.15, 0.2) is 5.82 Å². The minimum absolute atomic E-state index is 0.312. The van der Waals surface area contributed by atoms with Gasteiger partial charge in [-0.1, -0.05) is 43.7 Å². The van der Waals surface area contributed by atoms with Crippen molar-refractivity contribution in [2.24, 2.45) is 0 Å². The number of hydrogen-bond acceptors (Lipinski definition) is 5. The fourth-order valence-corrected chi connectivity index (χ4v) is 3.20. The second-order valence-electron chi connectivity index (χ2n) is 6.32. The molecule has 6 heteroatoms. The molecule has 3 rings (SSSR count). The van der Waals surface area contributed by atoms with Crippen LogP contribution in [0.2, 0.25) is 0 Å². The molecule has 6 nitrogen and oxygen atoms in total. The van der Waals surface area contributed by atoms with Gasteiger partial charge in [-0.3, -0.25) is 4.90 Å². The van der Waals surface area contributed by atoms with Gasteiger partial charge in [-0.15, -0.1) is 5.10 Å². The number of hydrogen-bond donors (Lipinski definition) is 0. The number of nitrogens with zero attached hydrogens (tertiary/aromatic N) is 6. The van der Waals surface area contributed by atoms with E-state index in [0.29, 0.717) is 6.04 Å². The maximum atomic E-state index is 4.37. The van der Waals surface area contributed by atoms with E-state index in [1.54, 1.807) is 0 Å². The topological polar surface area (TPSA) is 50.1 Å². The molecule has 0 unspecified atom stereocenters. The molecule has 0 saturated carbocycles. The summed E-state index contributed by atoms with van der Waals surface area (Å²) < 4.78 is 1.97. The Morgan fingerprint density at radius 1 is 1.09 bits per heavy atom. The zero-order chi connectivity index (χ0) is 16.1. The molecular formula is C17H26N6. The monoisotopic (exact) mass is 314 g/mol. The van der Waals surface area contributed by atoms with Crippen LogP contribution in [0.5, 0.6) is 0 Å². The van der Waals surface area contributed by atoms with Crippen molar-refractivity contribution in [2.45, 2.75) is 32.4 Å². The minimum atomic E-state index is 0.312. The van der Waals surface area contributed by atoms with E-state index >= 15 is 0 Å². The molecule has 1 aromatic heterocycles. The summed E-state index contributed by atoms with van der Waals surface area (Å²) in [6.45, 7) is 7.35. The van der Waals surface area contributed by atoms with Crippen LogP contribution in [0, 0.1) is 0 Å². The Balaban J connectivity index is 1.79. The first-order valence-electron chi connectivity index (χ1n) is 8.50. The van der Waals surface area contributed by atoms with E-state index in [2.05, 4.69) is 63.6 Å². The number of aromatic nitrogens is 4. The lowest BCUT2D eigenvalue weighted by atomic mass is 10.1. The Labute approximate surface area is 138 Å². The van der Waals surface area contributed by atoms with Gasteiger partial charge in [-0.05, 0) is 29.5 Å². The van der Waals surface area contributed by atoms with Crippen LogP contribution in [0.4, 0.5) is 0 Å². The van der Waals surface area contributed by atoms with Gasteiger partial charge in [0.25, 0.3) is 0 Å². The van der Waals surface area contributed by atoms with E-state index < -0.39 is 0 Å². The van der Waals surface area contributed by atoms with Gasteiger partial charge in [0.1, 0.15) is 0 Å². The lowest BCUT2D eigenvalue weighted by molar-refractivity contribution is 0.0996. The van der Waals surface area contributed by atoms with Crippen LogP contribution in [0.1, 0.15) is 37.2 Å². The molecule has 0 bridgehead atoms. The number of likely N-dealkylation sites (N-methyl/N-ethyl adjacent to an activating group) is 1. The van der Waals surface area contributed by atoms with E-state index in [1.807, 2.05) is 10.7 Å². The fourth-order valence-electron chi connectivity index (χ4n) is 3.20. The van der Waals surface area contributed by atoms with Crippen molar-refractivity contribution in [2.75, 3.05) is 33.2 Å².